The van der Waals surface area contributed by atoms with E-state index in [1.807, 2.05) is 12.1 Å². The Kier molecular flexibility index (Phi) is 3.44. The van der Waals surface area contributed by atoms with Crippen LogP contribution in [0.2, 0.25) is 0 Å². The van der Waals surface area contributed by atoms with E-state index < -0.39 is 5.97 Å². The molecule has 0 saturated carbocycles. The van der Waals surface area contributed by atoms with Gasteiger partial charge in [0.25, 0.3) is 0 Å². The first-order chi connectivity index (χ1) is 7.75. The van der Waals surface area contributed by atoms with Gasteiger partial charge >= 0.3 is 5.97 Å². The van der Waals surface area contributed by atoms with Crippen LogP contribution in [0.15, 0.2) is 18.2 Å². The van der Waals surface area contributed by atoms with Crippen molar-refractivity contribution in [2.75, 3.05) is 6.61 Å². The highest BCUT2D eigenvalue weighted by molar-refractivity contribution is 5.68. The lowest BCUT2D eigenvalue weighted by Crippen LogP contribution is -2.09. The van der Waals surface area contributed by atoms with Crippen LogP contribution in [-0.2, 0) is 17.6 Å². The quantitative estimate of drug-likeness (QED) is 0.796. The smallest absolute Gasteiger partial charge is 0.341 e. The van der Waals surface area contributed by atoms with Gasteiger partial charge in [-0.25, -0.2) is 4.79 Å². The summed E-state index contributed by atoms with van der Waals surface area (Å²) in [6.07, 6.45) is 5.96. The second-order valence-corrected chi connectivity index (χ2v) is 4.17. The van der Waals surface area contributed by atoms with Crippen molar-refractivity contribution in [3.63, 3.8) is 0 Å². The van der Waals surface area contributed by atoms with Gasteiger partial charge in [-0.15, -0.1) is 0 Å². The highest BCUT2D eigenvalue weighted by atomic mass is 16.5. The number of benzene rings is 1. The van der Waals surface area contributed by atoms with Gasteiger partial charge in [-0.2, -0.15) is 0 Å². The fourth-order valence-electron chi connectivity index (χ4n) is 2.12. The largest absolute Gasteiger partial charge is 0.482 e. The lowest BCUT2D eigenvalue weighted by molar-refractivity contribution is -0.139. The molecular weight excluding hydrogens is 204 g/mol. The minimum Gasteiger partial charge on any atom is -0.482 e. The van der Waals surface area contributed by atoms with E-state index >= 15 is 0 Å². The van der Waals surface area contributed by atoms with Gasteiger partial charge in [0.15, 0.2) is 6.61 Å². The predicted octanol–water partition coefficient (Wildman–Crippen LogP) is 2.42. The molecule has 3 heteroatoms. The Morgan fingerprint density at radius 2 is 1.94 bits per heavy atom. The van der Waals surface area contributed by atoms with Crippen molar-refractivity contribution in [2.45, 2.75) is 32.1 Å². The van der Waals surface area contributed by atoms with Crippen molar-refractivity contribution < 1.29 is 14.6 Å². The number of aryl methyl sites for hydroxylation is 2. The average Bonchev–Trinajstić information content (AvgIpc) is 2.50. The van der Waals surface area contributed by atoms with E-state index in [0.29, 0.717) is 5.75 Å². The fraction of sp³-hybridized carbons (Fsp3) is 0.462. The second-order valence-electron chi connectivity index (χ2n) is 4.17. The molecule has 0 unspecified atom stereocenters. The van der Waals surface area contributed by atoms with Gasteiger partial charge in [-0.05, 0) is 48.9 Å². The minimum atomic E-state index is -0.935. The molecular formula is C13H16O3. The van der Waals surface area contributed by atoms with Gasteiger partial charge in [0, 0.05) is 0 Å². The Morgan fingerprint density at radius 3 is 2.69 bits per heavy atom. The van der Waals surface area contributed by atoms with Crippen LogP contribution in [0.25, 0.3) is 0 Å². The standard InChI is InChI=1S/C13H16O3/c14-13(15)9-16-12-7-6-10-4-2-1-3-5-11(10)8-12/h6-8H,1-5,9H2,(H,14,15). The minimum absolute atomic E-state index is 0.265. The highest BCUT2D eigenvalue weighted by Crippen LogP contribution is 2.24. The first-order valence-corrected chi connectivity index (χ1v) is 5.72. The van der Waals surface area contributed by atoms with Crippen LogP contribution >= 0.6 is 0 Å². The van der Waals surface area contributed by atoms with Crippen LogP contribution in [0, 0.1) is 0 Å². The number of rotatable bonds is 3. The van der Waals surface area contributed by atoms with E-state index in [0.717, 1.165) is 12.8 Å². The van der Waals surface area contributed by atoms with Gasteiger partial charge in [0.2, 0.25) is 0 Å². The van der Waals surface area contributed by atoms with Gasteiger partial charge in [-0.3, -0.25) is 0 Å². The van der Waals surface area contributed by atoms with E-state index in [-0.39, 0.29) is 6.61 Å². The Bertz CT molecular complexity index is 385. The molecule has 1 N–H and O–H groups in total. The molecule has 2 rings (SSSR count). The second kappa shape index (κ2) is 5.01. The van der Waals surface area contributed by atoms with E-state index in [1.165, 1.54) is 30.4 Å². The number of carboxylic acids is 1. The first-order valence-electron chi connectivity index (χ1n) is 5.72. The number of fused-ring (bicyclic) bond motifs is 1. The molecule has 1 aromatic carbocycles. The molecule has 0 saturated heterocycles. The van der Waals surface area contributed by atoms with E-state index in [9.17, 15) is 4.79 Å². The summed E-state index contributed by atoms with van der Waals surface area (Å²) in [7, 11) is 0. The third-order valence-electron chi connectivity index (χ3n) is 2.93. The van der Waals surface area contributed by atoms with Crippen LogP contribution in [0.1, 0.15) is 30.4 Å². The lowest BCUT2D eigenvalue weighted by Gasteiger charge is -2.09. The topological polar surface area (TPSA) is 46.5 Å². The summed E-state index contributed by atoms with van der Waals surface area (Å²) in [5, 5.41) is 8.53. The Labute approximate surface area is 95.0 Å². The molecule has 3 nitrogen and oxygen atoms in total. The molecule has 0 fully saturated rings. The summed E-state index contributed by atoms with van der Waals surface area (Å²) >= 11 is 0. The highest BCUT2D eigenvalue weighted by Gasteiger charge is 2.09. The van der Waals surface area contributed by atoms with E-state index in [2.05, 4.69) is 6.07 Å². The predicted molar refractivity (Wildman–Crippen MR) is 60.8 cm³/mol. The molecule has 1 aliphatic carbocycles. The molecule has 0 heterocycles. The molecule has 0 spiro atoms. The van der Waals surface area contributed by atoms with E-state index in [4.69, 9.17) is 9.84 Å². The van der Waals surface area contributed by atoms with Gasteiger partial charge in [0.1, 0.15) is 5.75 Å². The third-order valence-corrected chi connectivity index (χ3v) is 2.93. The Hall–Kier alpha value is -1.51. The molecule has 1 aliphatic rings. The number of hydrogen-bond acceptors (Lipinski definition) is 2. The third kappa shape index (κ3) is 2.75. The summed E-state index contributed by atoms with van der Waals surface area (Å²) < 4.78 is 5.17. The zero-order chi connectivity index (χ0) is 11.4. The summed E-state index contributed by atoms with van der Waals surface area (Å²) in [4.78, 5) is 10.4. The van der Waals surface area contributed by atoms with Gasteiger partial charge in [0.05, 0.1) is 0 Å². The summed E-state index contributed by atoms with van der Waals surface area (Å²) in [5.74, 6) is -0.266. The molecule has 16 heavy (non-hydrogen) atoms. The normalized spacial score (nSPS) is 15.0. The Morgan fingerprint density at radius 1 is 1.19 bits per heavy atom. The summed E-state index contributed by atoms with van der Waals surface area (Å²) in [5.41, 5.74) is 2.71. The molecule has 0 bridgehead atoms. The SMILES string of the molecule is O=C(O)COc1ccc2c(c1)CCCCC2. The van der Waals surface area contributed by atoms with Crippen molar-refractivity contribution in [1.29, 1.82) is 0 Å². The summed E-state index contributed by atoms with van der Waals surface area (Å²) in [6, 6.07) is 5.93. The first kappa shape index (κ1) is 11.0. The van der Waals surface area contributed by atoms with Crippen molar-refractivity contribution >= 4 is 5.97 Å². The molecule has 0 atom stereocenters. The fourth-order valence-corrected chi connectivity index (χ4v) is 2.12. The van der Waals surface area contributed by atoms with Crippen LogP contribution < -0.4 is 4.74 Å². The van der Waals surface area contributed by atoms with Crippen molar-refractivity contribution in [2.24, 2.45) is 0 Å². The maximum absolute atomic E-state index is 10.4. The zero-order valence-corrected chi connectivity index (χ0v) is 9.24. The van der Waals surface area contributed by atoms with Gasteiger partial charge < -0.3 is 9.84 Å². The number of carboxylic acid groups (broad SMARTS) is 1. The maximum Gasteiger partial charge on any atom is 0.341 e. The van der Waals surface area contributed by atoms with Crippen LogP contribution in [0.5, 0.6) is 5.75 Å². The summed E-state index contributed by atoms with van der Waals surface area (Å²) in [6.45, 7) is -0.265. The van der Waals surface area contributed by atoms with Crippen LogP contribution in [-0.4, -0.2) is 17.7 Å². The molecule has 0 aromatic heterocycles. The van der Waals surface area contributed by atoms with Crippen molar-refractivity contribution in [1.82, 2.24) is 0 Å². The molecule has 0 amide bonds. The zero-order valence-electron chi connectivity index (χ0n) is 9.24. The number of hydrogen-bond donors (Lipinski definition) is 1. The van der Waals surface area contributed by atoms with Crippen molar-refractivity contribution in [3.8, 4) is 5.75 Å². The molecule has 0 radical (unpaired) electrons. The number of aliphatic carboxylic acids is 1. The molecule has 0 aliphatic heterocycles. The molecule has 1 aromatic rings. The maximum atomic E-state index is 10.4. The number of ether oxygens (including phenoxy) is 1. The van der Waals surface area contributed by atoms with Crippen LogP contribution in [0.4, 0.5) is 0 Å². The molecule has 86 valence electrons. The van der Waals surface area contributed by atoms with E-state index in [1.54, 1.807) is 0 Å². The van der Waals surface area contributed by atoms with Crippen molar-refractivity contribution in [3.05, 3.63) is 29.3 Å². The number of carbonyl (C=O) groups is 1. The van der Waals surface area contributed by atoms with Crippen LogP contribution in [0.3, 0.4) is 0 Å². The van der Waals surface area contributed by atoms with Gasteiger partial charge in [-0.1, -0.05) is 12.5 Å². The average molecular weight is 220 g/mol. The Balaban J connectivity index is 2.11. The lowest BCUT2D eigenvalue weighted by atomic mass is 10.0. The monoisotopic (exact) mass is 220 g/mol.